The highest BCUT2D eigenvalue weighted by Crippen LogP contribution is 2.41. The van der Waals surface area contributed by atoms with E-state index in [0.29, 0.717) is 18.0 Å². The first-order chi connectivity index (χ1) is 15.3. The lowest BCUT2D eigenvalue weighted by Crippen LogP contribution is -2.51. The van der Waals surface area contributed by atoms with E-state index in [1.165, 1.54) is 48.4 Å². The lowest BCUT2D eigenvalue weighted by molar-refractivity contribution is 0.143. The van der Waals surface area contributed by atoms with Crippen LogP contribution in [0.4, 0.5) is 0 Å². The molecule has 4 heterocycles. The fourth-order valence-electron chi connectivity index (χ4n) is 5.64. The van der Waals surface area contributed by atoms with Gasteiger partial charge in [-0.1, -0.05) is 54.6 Å². The van der Waals surface area contributed by atoms with Crippen LogP contribution < -0.4 is 10.1 Å². The Balaban J connectivity index is 1.49. The Morgan fingerprint density at radius 1 is 1.00 bits per heavy atom. The van der Waals surface area contributed by atoms with E-state index in [9.17, 15) is 0 Å². The van der Waals surface area contributed by atoms with Gasteiger partial charge < -0.3 is 10.1 Å². The summed E-state index contributed by atoms with van der Waals surface area (Å²) < 4.78 is 5.62. The van der Waals surface area contributed by atoms with E-state index in [2.05, 4.69) is 76.3 Å². The topological polar surface area (TPSA) is 24.5 Å². The minimum Gasteiger partial charge on any atom is -0.496 e. The average Bonchev–Trinajstić information content (AvgIpc) is 3.24. The first-order valence-corrected chi connectivity index (χ1v) is 12.4. The van der Waals surface area contributed by atoms with Gasteiger partial charge in [0.15, 0.2) is 0 Å². The quantitative estimate of drug-likeness (QED) is 0.531. The number of piperidine rings is 1. The zero-order chi connectivity index (χ0) is 21.0. The summed E-state index contributed by atoms with van der Waals surface area (Å²) in [7, 11) is 1.77. The van der Waals surface area contributed by atoms with Crippen molar-refractivity contribution in [3.8, 4) is 5.75 Å². The third-order valence-electron chi connectivity index (χ3n) is 7.17. The van der Waals surface area contributed by atoms with E-state index in [0.717, 1.165) is 18.2 Å². The Bertz CT molecular complexity index is 950. The van der Waals surface area contributed by atoms with Gasteiger partial charge in [-0.05, 0) is 61.3 Å². The number of rotatable bonds is 7. The van der Waals surface area contributed by atoms with Crippen LogP contribution in [0.15, 0.2) is 72.1 Å². The third-order valence-corrected chi connectivity index (χ3v) is 8.12. The van der Waals surface area contributed by atoms with Crippen LogP contribution in [0.3, 0.4) is 0 Å². The molecule has 3 saturated heterocycles. The molecule has 3 aliphatic heterocycles. The minimum absolute atomic E-state index is 0.396. The molecule has 3 atom stereocenters. The number of fused-ring (bicyclic) bond motifs is 4. The highest BCUT2D eigenvalue weighted by atomic mass is 32.1. The monoisotopic (exact) mass is 432 g/mol. The molecule has 3 fully saturated rings. The number of methoxy groups -OCH3 is 1. The first kappa shape index (κ1) is 20.7. The maximum absolute atomic E-state index is 5.62. The summed E-state index contributed by atoms with van der Waals surface area (Å²) in [5, 5.41) is 6.23. The first-order valence-electron chi connectivity index (χ1n) is 11.5. The van der Waals surface area contributed by atoms with E-state index in [4.69, 9.17) is 4.74 Å². The second-order valence-electron chi connectivity index (χ2n) is 8.91. The zero-order valence-electron chi connectivity index (χ0n) is 18.2. The van der Waals surface area contributed by atoms with Gasteiger partial charge in [0.25, 0.3) is 0 Å². The second kappa shape index (κ2) is 9.56. The highest BCUT2D eigenvalue weighted by molar-refractivity contribution is 7.10. The Hall–Kier alpha value is -2.14. The van der Waals surface area contributed by atoms with Crippen molar-refractivity contribution in [2.75, 3.05) is 20.2 Å². The van der Waals surface area contributed by atoms with Gasteiger partial charge >= 0.3 is 0 Å². The number of hydrogen-bond donors (Lipinski definition) is 1. The van der Waals surface area contributed by atoms with Gasteiger partial charge in [-0.15, -0.1) is 11.3 Å². The van der Waals surface area contributed by atoms with Gasteiger partial charge in [0, 0.05) is 35.0 Å². The van der Waals surface area contributed by atoms with Crippen LogP contribution in [-0.4, -0.2) is 37.2 Å². The van der Waals surface area contributed by atoms with Gasteiger partial charge in [-0.2, -0.15) is 0 Å². The molecular weight excluding hydrogens is 400 g/mol. The lowest BCUT2D eigenvalue weighted by atomic mass is 9.83. The molecular formula is C27H32N2OS. The van der Waals surface area contributed by atoms with Gasteiger partial charge in [-0.25, -0.2) is 0 Å². The molecule has 0 spiro atoms. The van der Waals surface area contributed by atoms with Crippen molar-refractivity contribution in [3.63, 3.8) is 0 Å². The molecule has 0 radical (unpaired) electrons. The third kappa shape index (κ3) is 4.43. The summed E-state index contributed by atoms with van der Waals surface area (Å²) in [4.78, 5) is 4.26. The lowest BCUT2D eigenvalue weighted by Gasteiger charge is -2.40. The van der Waals surface area contributed by atoms with Crippen LogP contribution in [0, 0.1) is 5.92 Å². The van der Waals surface area contributed by atoms with Crippen molar-refractivity contribution < 1.29 is 4.74 Å². The van der Waals surface area contributed by atoms with Crippen molar-refractivity contribution in [2.45, 2.75) is 43.8 Å². The van der Waals surface area contributed by atoms with E-state index in [-0.39, 0.29) is 0 Å². The SMILES string of the molecule is COc1ccccc1CNC1CC2CCN(CC2)C1C(c1ccccc1)c1cccs1. The maximum atomic E-state index is 5.62. The van der Waals surface area contributed by atoms with Gasteiger partial charge in [0.1, 0.15) is 5.75 Å². The summed E-state index contributed by atoms with van der Waals surface area (Å²) >= 11 is 1.90. The zero-order valence-corrected chi connectivity index (χ0v) is 19.1. The van der Waals surface area contributed by atoms with Gasteiger partial charge in [0.2, 0.25) is 0 Å². The molecule has 3 unspecified atom stereocenters. The molecule has 1 aromatic heterocycles. The van der Waals surface area contributed by atoms with Crippen LogP contribution in [0.25, 0.3) is 0 Å². The number of ether oxygens (including phenoxy) is 1. The van der Waals surface area contributed by atoms with Crippen molar-refractivity contribution >= 4 is 11.3 Å². The smallest absolute Gasteiger partial charge is 0.123 e. The predicted molar refractivity (Wildman–Crippen MR) is 129 cm³/mol. The fourth-order valence-corrected chi connectivity index (χ4v) is 6.53. The number of para-hydroxylation sites is 1. The Morgan fingerprint density at radius 3 is 2.52 bits per heavy atom. The van der Waals surface area contributed by atoms with Crippen molar-refractivity contribution in [1.82, 2.24) is 10.2 Å². The molecule has 0 amide bonds. The van der Waals surface area contributed by atoms with Crippen LogP contribution in [-0.2, 0) is 6.54 Å². The second-order valence-corrected chi connectivity index (χ2v) is 9.89. The Morgan fingerprint density at radius 2 is 1.77 bits per heavy atom. The maximum Gasteiger partial charge on any atom is 0.123 e. The predicted octanol–water partition coefficient (Wildman–Crippen LogP) is 5.53. The molecule has 2 bridgehead atoms. The highest BCUT2D eigenvalue weighted by Gasteiger charge is 2.42. The van der Waals surface area contributed by atoms with E-state index < -0.39 is 0 Å². The summed E-state index contributed by atoms with van der Waals surface area (Å²) in [6.07, 6.45) is 3.91. The molecule has 31 heavy (non-hydrogen) atoms. The Kier molecular flexibility index (Phi) is 6.40. The summed E-state index contributed by atoms with van der Waals surface area (Å²) in [5.74, 6) is 2.20. The molecule has 162 valence electrons. The normalized spacial score (nSPS) is 26.4. The van der Waals surface area contributed by atoms with Crippen molar-refractivity contribution in [3.05, 3.63) is 88.1 Å². The van der Waals surface area contributed by atoms with Crippen LogP contribution in [0.1, 0.15) is 41.2 Å². The van der Waals surface area contributed by atoms with Crippen molar-refractivity contribution in [1.29, 1.82) is 0 Å². The molecule has 3 nitrogen and oxygen atoms in total. The number of nitrogens with one attached hydrogen (secondary N) is 1. The molecule has 3 aromatic rings. The number of thiophene rings is 1. The molecule has 1 N–H and O–H groups in total. The molecule has 3 aliphatic rings. The van der Waals surface area contributed by atoms with E-state index >= 15 is 0 Å². The van der Waals surface area contributed by atoms with Crippen LogP contribution in [0.5, 0.6) is 5.75 Å². The molecule has 0 saturated carbocycles. The van der Waals surface area contributed by atoms with Gasteiger partial charge in [0.05, 0.1) is 7.11 Å². The standard InChI is InChI=1S/C27H32N2OS/c1-30-24-11-6-5-10-22(24)19-28-23-18-20-13-15-29(16-14-20)27(23)26(25-12-7-17-31-25)21-8-3-2-4-9-21/h2-12,17,20,23,26-28H,13-16,18-19H2,1H3. The van der Waals surface area contributed by atoms with E-state index in [1.807, 2.05) is 17.4 Å². The van der Waals surface area contributed by atoms with Gasteiger partial charge in [-0.3, -0.25) is 4.90 Å². The summed E-state index contributed by atoms with van der Waals surface area (Å²) in [6, 6.07) is 25.0. The fraction of sp³-hybridized carbons (Fsp3) is 0.407. The number of benzene rings is 2. The molecule has 4 heteroatoms. The Labute approximate surface area is 190 Å². The number of hydrogen-bond acceptors (Lipinski definition) is 4. The largest absolute Gasteiger partial charge is 0.496 e. The van der Waals surface area contributed by atoms with Crippen molar-refractivity contribution in [2.24, 2.45) is 5.92 Å². The van der Waals surface area contributed by atoms with Crippen LogP contribution >= 0.6 is 11.3 Å². The van der Waals surface area contributed by atoms with E-state index in [1.54, 1.807) is 7.11 Å². The molecule has 2 aromatic carbocycles. The minimum atomic E-state index is 0.396. The number of nitrogens with zero attached hydrogens (tertiary/aromatic N) is 1. The molecule has 6 rings (SSSR count). The van der Waals surface area contributed by atoms with Crippen LogP contribution in [0.2, 0.25) is 0 Å². The molecule has 0 aliphatic carbocycles. The average molecular weight is 433 g/mol. The summed E-state index contributed by atoms with van der Waals surface area (Å²) in [6.45, 7) is 3.28. The summed E-state index contributed by atoms with van der Waals surface area (Å²) in [5.41, 5.74) is 2.67.